The van der Waals surface area contributed by atoms with Crippen molar-refractivity contribution in [2.75, 3.05) is 0 Å². The first-order valence-corrected chi connectivity index (χ1v) is 4.68. The summed E-state index contributed by atoms with van der Waals surface area (Å²) in [5.41, 5.74) is 7.43. The molecule has 2 heteroatoms. The smallest absolute Gasteiger partial charge is 0.0108 e. The highest BCUT2D eigenvalue weighted by atomic mass is 35.5. The number of halogens is 1. The van der Waals surface area contributed by atoms with Crippen molar-refractivity contribution < 1.29 is 0 Å². The molecule has 0 saturated heterocycles. The zero-order chi connectivity index (χ0) is 8.39. The van der Waals surface area contributed by atoms with E-state index < -0.39 is 0 Å². The Balaban J connectivity index is 0.000000845. The van der Waals surface area contributed by atoms with Crippen LogP contribution < -0.4 is 5.73 Å². The van der Waals surface area contributed by atoms with E-state index in [9.17, 15) is 0 Å². The minimum atomic E-state index is 0. The maximum absolute atomic E-state index is 6.01. The quantitative estimate of drug-likeness (QED) is 0.736. The van der Waals surface area contributed by atoms with Crippen molar-refractivity contribution in [3.8, 4) is 0 Å². The summed E-state index contributed by atoms with van der Waals surface area (Å²) in [6.07, 6.45) is 3.76. The summed E-state index contributed by atoms with van der Waals surface area (Å²) in [6.45, 7) is 0. The fourth-order valence-corrected chi connectivity index (χ4v) is 2.10. The molecule has 0 aromatic heterocycles. The van der Waals surface area contributed by atoms with E-state index in [1.54, 1.807) is 0 Å². The summed E-state index contributed by atoms with van der Waals surface area (Å²) < 4.78 is 0. The molecule has 72 valence electrons. The molecule has 0 spiro atoms. The predicted octanol–water partition coefficient (Wildman–Crippen LogP) is 2.70. The minimum absolute atomic E-state index is 0. The van der Waals surface area contributed by atoms with Crippen molar-refractivity contribution in [1.82, 2.24) is 0 Å². The van der Waals surface area contributed by atoms with E-state index in [4.69, 9.17) is 5.73 Å². The Labute approximate surface area is 85.7 Å². The van der Waals surface area contributed by atoms with E-state index >= 15 is 0 Å². The van der Waals surface area contributed by atoms with Gasteiger partial charge in [-0.25, -0.2) is 0 Å². The molecule has 1 aromatic carbocycles. The van der Waals surface area contributed by atoms with E-state index in [2.05, 4.69) is 30.3 Å². The standard InChI is InChI=1S/C11H15N.ClH/c12-11-8-4-7-10(11)9-5-2-1-3-6-9;/h1-3,5-6,10-11H,4,7-8,12H2;1H/t10-,11+;/m1./s1. The largest absolute Gasteiger partial charge is 0.327 e. The molecule has 0 aliphatic heterocycles. The van der Waals surface area contributed by atoms with Crippen molar-refractivity contribution in [2.45, 2.75) is 31.2 Å². The number of hydrogen-bond acceptors (Lipinski definition) is 1. The van der Waals surface area contributed by atoms with Crippen molar-refractivity contribution in [3.05, 3.63) is 35.9 Å². The predicted molar refractivity (Wildman–Crippen MR) is 58.3 cm³/mol. The molecule has 0 amide bonds. The monoisotopic (exact) mass is 197 g/mol. The molecule has 1 aliphatic rings. The van der Waals surface area contributed by atoms with Gasteiger partial charge in [-0.2, -0.15) is 0 Å². The minimum Gasteiger partial charge on any atom is -0.327 e. The summed E-state index contributed by atoms with van der Waals surface area (Å²) >= 11 is 0. The Morgan fingerprint density at radius 2 is 1.77 bits per heavy atom. The van der Waals surface area contributed by atoms with Gasteiger partial charge in [0, 0.05) is 6.04 Å². The molecule has 1 fully saturated rings. The van der Waals surface area contributed by atoms with Crippen LogP contribution in [0.15, 0.2) is 30.3 Å². The summed E-state index contributed by atoms with van der Waals surface area (Å²) in [5.74, 6) is 0.617. The molecule has 1 aliphatic carbocycles. The van der Waals surface area contributed by atoms with Gasteiger partial charge in [-0.3, -0.25) is 0 Å². The highest BCUT2D eigenvalue weighted by molar-refractivity contribution is 5.85. The maximum Gasteiger partial charge on any atom is 0.0108 e. The fraction of sp³-hybridized carbons (Fsp3) is 0.455. The first kappa shape index (κ1) is 10.6. The van der Waals surface area contributed by atoms with Gasteiger partial charge in [0.05, 0.1) is 0 Å². The van der Waals surface area contributed by atoms with Crippen LogP contribution in [0.3, 0.4) is 0 Å². The molecule has 1 nitrogen and oxygen atoms in total. The van der Waals surface area contributed by atoms with E-state index in [0.717, 1.165) is 0 Å². The van der Waals surface area contributed by atoms with Crippen LogP contribution >= 0.6 is 12.4 Å². The van der Waals surface area contributed by atoms with Gasteiger partial charge in [-0.1, -0.05) is 36.8 Å². The average Bonchev–Trinajstić information content (AvgIpc) is 2.53. The van der Waals surface area contributed by atoms with Crippen molar-refractivity contribution in [1.29, 1.82) is 0 Å². The molecule has 2 atom stereocenters. The lowest BCUT2D eigenvalue weighted by Crippen LogP contribution is -2.22. The molecule has 1 saturated carbocycles. The van der Waals surface area contributed by atoms with Crippen LogP contribution in [0.2, 0.25) is 0 Å². The highest BCUT2D eigenvalue weighted by Gasteiger charge is 2.24. The second-order valence-electron chi connectivity index (χ2n) is 3.61. The summed E-state index contributed by atoms with van der Waals surface area (Å²) in [4.78, 5) is 0. The van der Waals surface area contributed by atoms with Gasteiger partial charge < -0.3 is 5.73 Å². The Morgan fingerprint density at radius 3 is 2.31 bits per heavy atom. The topological polar surface area (TPSA) is 26.0 Å². The van der Waals surface area contributed by atoms with Crippen molar-refractivity contribution in [2.24, 2.45) is 5.73 Å². The molecular weight excluding hydrogens is 182 g/mol. The first-order valence-electron chi connectivity index (χ1n) is 4.68. The van der Waals surface area contributed by atoms with Gasteiger partial charge in [-0.15, -0.1) is 12.4 Å². The van der Waals surface area contributed by atoms with E-state index in [-0.39, 0.29) is 12.4 Å². The SMILES string of the molecule is Cl.N[C@H]1CCC[C@@H]1c1ccccc1. The Bertz CT molecular complexity index is 248. The van der Waals surface area contributed by atoms with E-state index in [1.807, 2.05) is 0 Å². The second kappa shape index (κ2) is 4.64. The lowest BCUT2D eigenvalue weighted by atomic mass is 9.95. The molecule has 2 N–H and O–H groups in total. The number of nitrogens with two attached hydrogens (primary N) is 1. The molecule has 0 unspecified atom stereocenters. The average molecular weight is 198 g/mol. The van der Waals surface area contributed by atoms with Crippen LogP contribution in [0.25, 0.3) is 0 Å². The van der Waals surface area contributed by atoms with Crippen LogP contribution in [-0.4, -0.2) is 6.04 Å². The molecular formula is C11H16ClN. The molecule has 0 bridgehead atoms. The summed E-state index contributed by atoms with van der Waals surface area (Å²) in [6, 6.07) is 11.0. The van der Waals surface area contributed by atoms with Gasteiger partial charge in [0.1, 0.15) is 0 Å². The zero-order valence-corrected chi connectivity index (χ0v) is 8.46. The Morgan fingerprint density at radius 1 is 1.08 bits per heavy atom. The molecule has 13 heavy (non-hydrogen) atoms. The number of rotatable bonds is 1. The Kier molecular flexibility index (Phi) is 3.76. The van der Waals surface area contributed by atoms with Gasteiger partial charge in [-0.05, 0) is 24.3 Å². The Hall–Kier alpha value is -0.530. The molecule has 0 heterocycles. The number of hydrogen-bond donors (Lipinski definition) is 1. The van der Waals surface area contributed by atoms with Gasteiger partial charge in [0.15, 0.2) is 0 Å². The molecule has 2 rings (SSSR count). The lowest BCUT2D eigenvalue weighted by Gasteiger charge is -2.14. The summed E-state index contributed by atoms with van der Waals surface area (Å²) in [5, 5.41) is 0. The van der Waals surface area contributed by atoms with Crippen LogP contribution in [0.1, 0.15) is 30.7 Å². The fourth-order valence-electron chi connectivity index (χ4n) is 2.10. The van der Waals surface area contributed by atoms with Crippen LogP contribution in [0.5, 0.6) is 0 Å². The van der Waals surface area contributed by atoms with Crippen molar-refractivity contribution >= 4 is 12.4 Å². The van der Waals surface area contributed by atoms with Crippen molar-refractivity contribution in [3.63, 3.8) is 0 Å². The van der Waals surface area contributed by atoms with Crippen LogP contribution in [0.4, 0.5) is 0 Å². The zero-order valence-electron chi connectivity index (χ0n) is 7.65. The van der Waals surface area contributed by atoms with E-state index in [0.29, 0.717) is 12.0 Å². The third-order valence-corrected chi connectivity index (χ3v) is 2.80. The van der Waals surface area contributed by atoms with Gasteiger partial charge in [0.25, 0.3) is 0 Å². The summed E-state index contributed by atoms with van der Waals surface area (Å²) in [7, 11) is 0. The van der Waals surface area contributed by atoms with E-state index in [1.165, 1.54) is 24.8 Å². The van der Waals surface area contributed by atoms with Crippen LogP contribution in [-0.2, 0) is 0 Å². The van der Waals surface area contributed by atoms with Gasteiger partial charge >= 0.3 is 0 Å². The second-order valence-corrected chi connectivity index (χ2v) is 3.61. The maximum atomic E-state index is 6.01. The normalized spacial score (nSPS) is 26.8. The first-order chi connectivity index (χ1) is 5.88. The third kappa shape index (κ3) is 2.23. The van der Waals surface area contributed by atoms with Gasteiger partial charge in [0.2, 0.25) is 0 Å². The number of benzene rings is 1. The van der Waals surface area contributed by atoms with Crippen LogP contribution in [0, 0.1) is 0 Å². The highest BCUT2D eigenvalue weighted by Crippen LogP contribution is 2.32. The molecule has 0 radical (unpaired) electrons. The lowest BCUT2D eigenvalue weighted by molar-refractivity contribution is 0.613. The third-order valence-electron chi connectivity index (χ3n) is 2.80. The molecule has 1 aromatic rings.